The first kappa shape index (κ1) is 17.8. The molecule has 0 bridgehead atoms. The third-order valence-electron chi connectivity index (χ3n) is 3.43. The quantitative estimate of drug-likeness (QED) is 0.817. The van der Waals surface area contributed by atoms with Gasteiger partial charge in [-0.1, -0.05) is 42.8 Å². The molecule has 2 aromatic carbocycles. The van der Waals surface area contributed by atoms with Crippen molar-refractivity contribution in [3.63, 3.8) is 0 Å². The van der Waals surface area contributed by atoms with Gasteiger partial charge in [0.15, 0.2) is 6.10 Å². The van der Waals surface area contributed by atoms with Crippen molar-refractivity contribution in [2.24, 2.45) is 0 Å². The Hall–Kier alpha value is -2.53. The molecule has 1 unspecified atom stereocenters. The van der Waals surface area contributed by atoms with Crippen molar-refractivity contribution in [2.75, 3.05) is 0 Å². The summed E-state index contributed by atoms with van der Waals surface area (Å²) < 4.78 is 5.55. The molecule has 2 aromatic rings. The van der Waals surface area contributed by atoms with Gasteiger partial charge in [0.05, 0.1) is 10.6 Å². The number of ether oxygens (including phenoxy) is 1. The molecule has 2 N–H and O–H groups in total. The normalized spacial score (nSPS) is 11.5. The molecule has 0 aliphatic carbocycles. The minimum atomic E-state index is -0.760. The van der Waals surface area contributed by atoms with Crippen molar-refractivity contribution in [2.45, 2.75) is 26.4 Å². The predicted octanol–water partition coefficient (Wildman–Crippen LogP) is 3.13. The van der Waals surface area contributed by atoms with Crippen LogP contribution in [0.15, 0.2) is 48.5 Å². The van der Waals surface area contributed by atoms with E-state index in [0.29, 0.717) is 10.8 Å². The number of nitrogens with one attached hydrogen (secondary N) is 2. The van der Waals surface area contributed by atoms with Gasteiger partial charge in [-0.15, -0.1) is 0 Å². The van der Waals surface area contributed by atoms with Crippen molar-refractivity contribution in [1.82, 2.24) is 10.9 Å². The summed E-state index contributed by atoms with van der Waals surface area (Å²) >= 11 is 5.93. The predicted molar refractivity (Wildman–Crippen MR) is 93.0 cm³/mol. The number of halogens is 1. The molecule has 0 aromatic heterocycles. The van der Waals surface area contributed by atoms with Crippen LogP contribution in [0.1, 0.15) is 29.8 Å². The third kappa shape index (κ3) is 4.73. The lowest BCUT2D eigenvalue weighted by Gasteiger charge is -2.15. The summed E-state index contributed by atoms with van der Waals surface area (Å²) in [4.78, 5) is 24.0. The van der Waals surface area contributed by atoms with Gasteiger partial charge in [-0.2, -0.15) is 0 Å². The van der Waals surface area contributed by atoms with Gasteiger partial charge in [0.1, 0.15) is 5.75 Å². The monoisotopic (exact) mass is 346 g/mol. The smallest absolute Gasteiger partial charge is 0.279 e. The second kappa shape index (κ2) is 8.36. The highest BCUT2D eigenvalue weighted by molar-refractivity contribution is 6.33. The Labute approximate surface area is 145 Å². The van der Waals surface area contributed by atoms with E-state index in [0.717, 1.165) is 6.42 Å². The van der Waals surface area contributed by atoms with Gasteiger partial charge in [-0.05, 0) is 43.2 Å². The summed E-state index contributed by atoms with van der Waals surface area (Å²) in [5.41, 5.74) is 6.12. The lowest BCUT2D eigenvalue weighted by molar-refractivity contribution is -0.128. The Balaban J connectivity index is 1.87. The van der Waals surface area contributed by atoms with Crippen molar-refractivity contribution in [1.29, 1.82) is 0 Å². The van der Waals surface area contributed by atoms with Gasteiger partial charge < -0.3 is 4.74 Å². The Kier molecular flexibility index (Phi) is 6.21. The van der Waals surface area contributed by atoms with Crippen LogP contribution in [0.5, 0.6) is 5.75 Å². The maximum atomic E-state index is 12.0. The molecular weight excluding hydrogens is 328 g/mol. The van der Waals surface area contributed by atoms with Crippen LogP contribution in [0.2, 0.25) is 5.02 Å². The number of rotatable bonds is 5. The van der Waals surface area contributed by atoms with Crippen LogP contribution in [0.3, 0.4) is 0 Å². The topological polar surface area (TPSA) is 67.4 Å². The average Bonchev–Trinajstić information content (AvgIpc) is 2.60. The van der Waals surface area contributed by atoms with E-state index in [2.05, 4.69) is 17.8 Å². The number of benzene rings is 2. The minimum Gasteiger partial charge on any atom is -0.481 e. The van der Waals surface area contributed by atoms with Crippen LogP contribution in [0.4, 0.5) is 0 Å². The number of hydrogen-bond donors (Lipinski definition) is 2. The van der Waals surface area contributed by atoms with E-state index >= 15 is 0 Å². The molecule has 2 rings (SSSR count). The molecule has 0 aliphatic heterocycles. The highest BCUT2D eigenvalue weighted by Gasteiger charge is 2.16. The van der Waals surface area contributed by atoms with Crippen molar-refractivity contribution >= 4 is 23.4 Å². The van der Waals surface area contributed by atoms with E-state index in [9.17, 15) is 9.59 Å². The lowest BCUT2D eigenvalue weighted by atomic mass is 10.2. The van der Waals surface area contributed by atoms with Crippen LogP contribution in [0.25, 0.3) is 0 Å². The molecule has 0 aliphatic rings. The van der Waals surface area contributed by atoms with Crippen molar-refractivity contribution in [3.05, 3.63) is 64.7 Å². The van der Waals surface area contributed by atoms with E-state index in [-0.39, 0.29) is 5.56 Å². The zero-order valence-electron chi connectivity index (χ0n) is 13.5. The maximum Gasteiger partial charge on any atom is 0.279 e. The fraction of sp³-hybridized carbons (Fsp3) is 0.222. The number of amides is 2. The second-order valence-electron chi connectivity index (χ2n) is 5.18. The summed E-state index contributed by atoms with van der Waals surface area (Å²) in [5.74, 6) is -0.365. The van der Waals surface area contributed by atoms with Gasteiger partial charge in [0.2, 0.25) is 0 Å². The Bertz CT molecular complexity index is 716. The van der Waals surface area contributed by atoms with Crippen LogP contribution in [0, 0.1) is 0 Å². The van der Waals surface area contributed by atoms with E-state index in [1.807, 2.05) is 24.3 Å². The fourth-order valence-electron chi connectivity index (χ4n) is 1.99. The zero-order valence-corrected chi connectivity index (χ0v) is 14.3. The Morgan fingerprint density at radius 1 is 1.08 bits per heavy atom. The molecule has 0 spiro atoms. The molecule has 126 valence electrons. The summed E-state index contributed by atoms with van der Waals surface area (Å²) in [5, 5.41) is 0.310. The van der Waals surface area contributed by atoms with Crippen molar-refractivity contribution in [3.8, 4) is 5.75 Å². The van der Waals surface area contributed by atoms with E-state index in [1.165, 1.54) is 5.56 Å². The molecule has 5 nitrogen and oxygen atoms in total. The summed E-state index contributed by atoms with van der Waals surface area (Å²) in [6.45, 7) is 3.67. The number of carbonyl (C=O) groups excluding carboxylic acids is 2. The van der Waals surface area contributed by atoms with Crippen molar-refractivity contribution < 1.29 is 14.3 Å². The first-order valence-electron chi connectivity index (χ1n) is 7.61. The number of aryl methyl sites for hydroxylation is 1. The summed E-state index contributed by atoms with van der Waals surface area (Å²) in [6.07, 6.45) is 0.175. The standard InChI is InChI=1S/C18H19ClN2O3/c1-3-13-8-10-14(11-9-13)24-12(2)17(22)20-21-18(23)15-6-4-5-7-16(15)19/h4-12H,3H2,1-2H3,(H,20,22)(H,21,23). The molecule has 0 fully saturated rings. The Morgan fingerprint density at radius 2 is 1.75 bits per heavy atom. The van der Waals surface area contributed by atoms with Crippen LogP contribution in [-0.4, -0.2) is 17.9 Å². The number of hydrogen-bond acceptors (Lipinski definition) is 3. The van der Waals surface area contributed by atoms with Crippen LogP contribution >= 0.6 is 11.6 Å². The molecule has 1 atom stereocenters. The van der Waals surface area contributed by atoms with E-state index < -0.39 is 17.9 Å². The molecule has 24 heavy (non-hydrogen) atoms. The fourth-order valence-corrected chi connectivity index (χ4v) is 2.22. The highest BCUT2D eigenvalue weighted by Crippen LogP contribution is 2.15. The second-order valence-corrected chi connectivity index (χ2v) is 5.59. The van der Waals surface area contributed by atoms with Crippen LogP contribution in [-0.2, 0) is 11.2 Å². The Morgan fingerprint density at radius 3 is 2.38 bits per heavy atom. The highest BCUT2D eigenvalue weighted by atomic mass is 35.5. The summed E-state index contributed by atoms with van der Waals surface area (Å²) in [7, 11) is 0. The SMILES string of the molecule is CCc1ccc(OC(C)C(=O)NNC(=O)c2ccccc2Cl)cc1. The average molecular weight is 347 g/mol. The number of carbonyl (C=O) groups is 2. The minimum absolute atomic E-state index is 0.281. The summed E-state index contributed by atoms with van der Waals surface area (Å²) in [6, 6.07) is 14.1. The molecule has 0 saturated heterocycles. The van der Waals surface area contributed by atoms with E-state index in [1.54, 1.807) is 31.2 Å². The maximum absolute atomic E-state index is 12.0. The van der Waals surface area contributed by atoms with Crippen LogP contribution < -0.4 is 15.6 Å². The van der Waals surface area contributed by atoms with Gasteiger partial charge >= 0.3 is 0 Å². The third-order valence-corrected chi connectivity index (χ3v) is 3.76. The van der Waals surface area contributed by atoms with Gasteiger partial charge in [-0.25, -0.2) is 0 Å². The van der Waals surface area contributed by atoms with Gasteiger partial charge in [0.25, 0.3) is 11.8 Å². The zero-order chi connectivity index (χ0) is 17.5. The number of hydrazine groups is 1. The largest absolute Gasteiger partial charge is 0.481 e. The van der Waals surface area contributed by atoms with Gasteiger partial charge in [0, 0.05) is 0 Å². The molecule has 2 amide bonds. The first-order valence-corrected chi connectivity index (χ1v) is 7.99. The molecular formula is C18H19ClN2O3. The molecule has 0 heterocycles. The van der Waals surface area contributed by atoms with E-state index in [4.69, 9.17) is 16.3 Å². The molecule has 0 radical (unpaired) electrons. The first-order chi connectivity index (χ1) is 11.5. The lowest BCUT2D eigenvalue weighted by Crippen LogP contribution is -2.47. The van der Waals surface area contributed by atoms with Gasteiger partial charge in [-0.3, -0.25) is 20.4 Å². The molecule has 6 heteroatoms. The molecule has 0 saturated carbocycles.